The molecule has 0 aromatic heterocycles. The van der Waals surface area contributed by atoms with Gasteiger partial charge < -0.3 is 10.1 Å². The minimum absolute atomic E-state index is 0.0566. The molecule has 6 heteroatoms. The van der Waals surface area contributed by atoms with Crippen LogP contribution in [0.5, 0.6) is 5.75 Å². The van der Waals surface area contributed by atoms with Crippen molar-refractivity contribution in [2.24, 2.45) is 5.92 Å². The molecule has 1 aliphatic carbocycles. The van der Waals surface area contributed by atoms with Gasteiger partial charge in [0.25, 0.3) is 5.91 Å². The Kier molecular flexibility index (Phi) is 6.65. The summed E-state index contributed by atoms with van der Waals surface area (Å²) < 4.78 is 5.43. The molecule has 1 aromatic rings. The number of thiocarbonyl (C=S) groups is 1. The lowest BCUT2D eigenvalue weighted by Gasteiger charge is -2.30. The minimum Gasteiger partial charge on any atom is -0.484 e. The van der Waals surface area contributed by atoms with E-state index in [0.29, 0.717) is 22.8 Å². The third-order valence-electron chi connectivity index (χ3n) is 4.10. The molecule has 3 N–H and O–H groups in total. The fourth-order valence-electron chi connectivity index (χ4n) is 2.75. The maximum atomic E-state index is 11.8. The summed E-state index contributed by atoms with van der Waals surface area (Å²) in [5, 5.41) is 3.72. The van der Waals surface area contributed by atoms with Crippen LogP contribution in [0.25, 0.3) is 0 Å². The molecule has 0 aliphatic heterocycles. The number of hydrazine groups is 1. The molecule has 0 unspecified atom stereocenters. The van der Waals surface area contributed by atoms with Gasteiger partial charge in [-0.15, -0.1) is 0 Å². The van der Waals surface area contributed by atoms with Crippen LogP contribution in [0.3, 0.4) is 0 Å². The second-order valence-corrected chi connectivity index (χ2v) is 6.53. The average molecular weight is 335 g/mol. The first kappa shape index (κ1) is 17.5. The Labute approximate surface area is 143 Å². The minimum atomic E-state index is -0.271. The number of nitrogens with one attached hydrogen (secondary N) is 3. The Hall–Kier alpha value is -1.82. The van der Waals surface area contributed by atoms with Crippen molar-refractivity contribution in [2.45, 2.75) is 45.6 Å². The van der Waals surface area contributed by atoms with E-state index in [9.17, 15) is 4.79 Å². The Morgan fingerprint density at radius 1 is 1.30 bits per heavy atom. The molecule has 5 nitrogen and oxygen atoms in total. The molecule has 0 saturated heterocycles. The molecule has 1 aromatic carbocycles. The molecule has 1 aliphatic rings. The van der Waals surface area contributed by atoms with Crippen LogP contribution in [0.2, 0.25) is 0 Å². The summed E-state index contributed by atoms with van der Waals surface area (Å²) in [5.74, 6) is 1.01. The molecule has 126 valence electrons. The summed E-state index contributed by atoms with van der Waals surface area (Å²) in [6, 6.07) is 7.96. The summed E-state index contributed by atoms with van der Waals surface area (Å²) in [6.45, 7) is 4.15. The van der Waals surface area contributed by atoms with E-state index in [1.54, 1.807) is 0 Å². The lowest BCUT2D eigenvalue weighted by molar-refractivity contribution is -0.123. The number of benzene rings is 1. The van der Waals surface area contributed by atoms with Crippen LogP contribution in [-0.4, -0.2) is 23.7 Å². The predicted molar refractivity (Wildman–Crippen MR) is 95.1 cm³/mol. The lowest BCUT2D eigenvalue weighted by Crippen LogP contribution is -2.52. The van der Waals surface area contributed by atoms with E-state index in [-0.39, 0.29) is 12.5 Å². The van der Waals surface area contributed by atoms with Gasteiger partial charge in [0.05, 0.1) is 0 Å². The van der Waals surface area contributed by atoms with Gasteiger partial charge in [-0.05, 0) is 55.6 Å². The quantitative estimate of drug-likeness (QED) is 0.583. The van der Waals surface area contributed by atoms with Crippen LogP contribution in [-0.2, 0) is 4.79 Å². The van der Waals surface area contributed by atoms with E-state index in [1.807, 2.05) is 31.2 Å². The van der Waals surface area contributed by atoms with E-state index in [2.05, 4.69) is 23.1 Å². The van der Waals surface area contributed by atoms with Crippen LogP contribution in [0, 0.1) is 12.8 Å². The monoisotopic (exact) mass is 335 g/mol. The van der Waals surface area contributed by atoms with E-state index >= 15 is 0 Å². The molecule has 1 fully saturated rings. The molecule has 23 heavy (non-hydrogen) atoms. The van der Waals surface area contributed by atoms with E-state index in [4.69, 9.17) is 17.0 Å². The zero-order valence-electron chi connectivity index (χ0n) is 13.7. The number of aryl methyl sites for hydroxylation is 1. The van der Waals surface area contributed by atoms with Gasteiger partial charge in [-0.2, -0.15) is 0 Å². The van der Waals surface area contributed by atoms with Crippen LogP contribution in [0.15, 0.2) is 24.3 Å². The second kappa shape index (κ2) is 8.72. The molecule has 0 radical (unpaired) electrons. The van der Waals surface area contributed by atoms with Crippen LogP contribution in [0.1, 0.15) is 38.2 Å². The van der Waals surface area contributed by atoms with Gasteiger partial charge in [0.15, 0.2) is 11.7 Å². The maximum Gasteiger partial charge on any atom is 0.276 e. The Bertz CT molecular complexity index is 550. The van der Waals surface area contributed by atoms with Crippen molar-refractivity contribution in [2.75, 3.05) is 6.61 Å². The van der Waals surface area contributed by atoms with Crippen LogP contribution >= 0.6 is 12.2 Å². The predicted octanol–water partition coefficient (Wildman–Crippen LogP) is 2.45. The second-order valence-electron chi connectivity index (χ2n) is 6.12. The SMILES string of the molecule is Cc1cccc(OCC(=O)NNC(=S)N[C@H]2CCCC[C@H]2C)c1. The smallest absolute Gasteiger partial charge is 0.276 e. The van der Waals surface area contributed by atoms with Crippen molar-refractivity contribution in [3.05, 3.63) is 29.8 Å². The number of ether oxygens (including phenoxy) is 1. The Morgan fingerprint density at radius 2 is 2.09 bits per heavy atom. The fourth-order valence-corrected chi connectivity index (χ4v) is 2.95. The van der Waals surface area contributed by atoms with Crippen LogP contribution < -0.4 is 20.9 Å². The van der Waals surface area contributed by atoms with Gasteiger partial charge in [0, 0.05) is 6.04 Å². The zero-order chi connectivity index (χ0) is 16.7. The molecular formula is C17H25N3O2S. The fraction of sp³-hybridized carbons (Fsp3) is 0.529. The highest BCUT2D eigenvalue weighted by Gasteiger charge is 2.21. The van der Waals surface area contributed by atoms with Gasteiger partial charge in [0.1, 0.15) is 5.75 Å². The first-order valence-corrected chi connectivity index (χ1v) is 8.50. The Balaban J connectivity index is 1.66. The normalized spacial score (nSPS) is 20.4. The van der Waals surface area contributed by atoms with Crippen molar-refractivity contribution in [3.63, 3.8) is 0 Å². The van der Waals surface area contributed by atoms with Gasteiger partial charge in [0.2, 0.25) is 0 Å². The zero-order valence-corrected chi connectivity index (χ0v) is 14.5. The number of carbonyl (C=O) groups excluding carboxylic acids is 1. The number of carbonyl (C=O) groups is 1. The largest absolute Gasteiger partial charge is 0.484 e. The summed E-state index contributed by atoms with van der Waals surface area (Å²) in [5.41, 5.74) is 6.38. The van der Waals surface area contributed by atoms with Crippen molar-refractivity contribution in [1.82, 2.24) is 16.2 Å². The summed E-state index contributed by atoms with van der Waals surface area (Å²) in [6.07, 6.45) is 4.85. The van der Waals surface area contributed by atoms with Gasteiger partial charge >= 0.3 is 0 Å². The molecule has 0 spiro atoms. The molecule has 1 amide bonds. The highest BCUT2D eigenvalue weighted by molar-refractivity contribution is 7.80. The topological polar surface area (TPSA) is 62.4 Å². The summed E-state index contributed by atoms with van der Waals surface area (Å²) in [4.78, 5) is 11.8. The first-order valence-electron chi connectivity index (χ1n) is 8.09. The standard InChI is InChI=1S/C17H25N3O2S/c1-12-6-5-8-14(10-12)22-11-16(21)19-20-17(23)18-15-9-4-3-7-13(15)2/h5-6,8,10,13,15H,3-4,7,9,11H2,1-2H3,(H,19,21)(H2,18,20,23)/t13-,15+/m1/s1. The van der Waals surface area contributed by atoms with E-state index < -0.39 is 0 Å². The average Bonchev–Trinajstić information content (AvgIpc) is 2.53. The summed E-state index contributed by atoms with van der Waals surface area (Å²) in [7, 11) is 0. The Morgan fingerprint density at radius 3 is 2.83 bits per heavy atom. The molecular weight excluding hydrogens is 310 g/mol. The molecule has 2 rings (SSSR count). The van der Waals surface area contributed by atoms with Crippen LogP contribution in [0.4, 0.5) is 0 Å². The lowest BCUT2D eigenvalue weighted by atomic mass is 9.86. The number of amides is 1. The molecule has 0 bridgehead atoms. The number of hydrogen-bond donors (Lipinski definition) is 3. The molecule has 0 heterocycles. The van der Waals surface area contributed by atoms with Crippen molar-refractivity contribution in [3.8, 4) is 5.75 Å². The third-order valence-corrected chi connectivity index (χ3v) is 4.32. The molecule has 2 atom stereocenters. The molecule has 1 saturated carbocycles. The van der Waals surface area contributed by atoms with Gasteiger partial charge in [-0.1, -0.05) is 31.9 Å². The third kappa shape index (κ3) is 6.06. The van der Waals surface area contributed by atoms with Crippen molar-refractivity contribution in [1.29, 1.82) is 0 Å². The van der Waals surface area contributed by atoms with E-state index in [1.165, 1.54) is 19.3 Å². The first-order chi connectivity index (χ1) is 11.0. The van der Waals surface area contributed by atoms with Gasteiger partial charge in [-0.3, -0.25) is 15.6 Å². The van der Waals surface area contributed by atoms with Crippen molar-refractivity contribution >= 4 is 23.2 Å². The van der Waals surface area contributed by atoms with Gasteiger partial charge in [-0.25, -0.2) is 0 Å². The number of hydrogen-bond acceptors (Lipinski definition) is 3. The van der Waals surface area contributed by atoms with Crippen molar-refractivity contribution < 1.29 is 9.53 Å². The number of rotatable bonds is 4. The summed E-state index contributed by atoms with van der Waals surface area (Å²) >= 11 is 5.22. The van der Waals surface area contributed by atoms with E-state index in [0.717, 1.165) is 12.0 Å². The maximum absolute atomic E-state index is 11.8. The highest BCUT2D eigenvalue weighted by atomic mass is 32.1. The highest BCUT2D eigenvalue weighted by Crippen LogP contribution is 2.23.